The van der Waals surface area contributed by atoms with E-state index in [1.165, 1.54) is 0 Å². The van der Waals surface area contributed by atoms with Crippen LogP contribution in [0.25, 0.3) is 11.0 Å². The van der Waals surface area contributed by atoms with Crippen LogP contribution in [0.2, 0.25) is 5.02 Å². The fourth-order valence-corrected chi connectivity index (χ4v) is 2.52. The van der Waals surface area contributed by atoms with Crippen LogP contribution in [0.3, 0.4) is 0 Å². The highest BCUT2D eigenvalue weighted by atomic mass is 35.5. The van der Waals surface area contributed by atoms with Crippen LogP contribution in [0.15, 0.2) is 18.3 Å². The van der Waals surface area contributed by atoms with E-state index in [0.29, 0.717) is 10.9 Å². The van der Waals surface area contributed by atoms with E-state index in [1.807, 2.05) is 6.07 Å². The molecule has 0 amide bonds. The molecule has 0 aliphatic carbocycles. The van der Waals surface area contributed by atoms with Crippen molar-refractivity contribution < 1.29 is 4.74 Å². The van der Waals surface area contributed by atoms with Crippen LogP contribution in [0.1, 0.15) is 0 Å². The van der Waals surface area contributed by atoms with Crippen LogP contribution < -0.4 is 15.0 Å². The molecule has 2 aromatic rings. The topological polar surface area (TPSA) is 52.4 Å². The van der Waals surface area contributed by atoms with Crippen LogP contribution in [0.4, 0.5) is 5.69 Å². The summed E-state index contributed by atoms with van der Waals surface area (Å²) in [5, 5.41) is 4.97. The lowest BCUT2D eigenvalue weighted by Crippen LogP contribution is -2.40. The summed E-state index contributed by atoms with van der Waals surface area (Å²) >= 11 is 6.32. The first kappa shape index (κ1) is 12.4. The summed E-state index contributed by atoms with van der Waals surface area (Å²) in [5.74, 6) is 0.569. The van der Waals surface area contributed by atoms with Crippen molar-refractivity contribution in [2.24, 2.45) is 0 Å². The second-order valence-corrected chi connectivity index (χ2v) is 4.74. The SMILES string of the molecule is COc1ccc2ncc(Cl)c(N3CC[N]CC3)c2n1. The lowest BCUT2D eigenvalue weighted by Gasteiger charge is -2.29. The minimum Gasteiger partial charge on any atom is -0.481 e. The zero-order valence-electron chi connectivity index (χ0n) is 10.6. The third-order valence-corrected chi connectivity index (χ3v) is 3.47. The number of hydrogen-bond donors (Lipinski definition) is 0. The number of pyridine rings is 2. The third-order valence-electron chi connectivity index (χ3n) is 3.20. The van der Waals surface area contributed by atoms with E-state index in [0.717, 1.165) is 42.9 Å². The number of halogens is 1. The summed E-state index contributed by atoms with van der Waals surface area (Å²) in [6.45, 7) is 3.36. The first-order valence-corrected chi connectivity index (χ1v) is 6.55. The van der Waals surface area contributed by atoms with Gasteiger partial charge >= 0.3 is 0 Å². The van der Waals surface area contributed by atoms with Gasteiger partial charge in [0.25, 0.3) is 0 Å². The maximum absolute atomic E-state index is 6.32. The van der Waals surface area contributed by atoms with Gasteiger partial charge in [0.15, 0.2) is 0 Å². The summed E-state index contributed by atoms with van der Waals surface area (Å²) in [5.41, 5.74) is 2.54. The second kappa shape index (κ2) is 5.19. The molecule has 3 heterocycles. The predicted octanol–water partition coefficient (Wildman–Crippen LogP) is 1.72. The lowest BCUT2D eigenvalue weighted by atomic mass is 10.2. The Morgan fingerprint density at radius 2 is 2.05 bits per heavy atom. The van der Waals surface area contributed by atoms with E-state index >= 15 is 0 Å². The summed E-state index contributed by atoms with van der Waals surface area (Å²) in [6.07, 6.45) is 1.68. The smallest absolute Gasteiger partial charge is 0.213 e. The van der Waals surface area contributed by atoms with Gasteiger partial charge in [-0.1, -0.05) is 11.6 Å². The highest BCUT2D eigenvalue weighted by Gasteiger charge is 2.19. The number of rotatable bonds is 2. The van der Waals surface area contributed by atoms with E-state index in [9.17, 15) is 0 Å². The number of piperazine rings is 1. The lowest BCUT2D eigenvalue weighted by molar-refractivity contribution is 0.399. The summed E-state index contributed by atoms with van der Waals surface area (Å²) < 4.78 is 5.19. The van der Waals surface area contributed by atoms with Gasteiger partial charge in [0, 0.05) is 38.4 Å². The first-order chi connectivity index (χ1) is 9.29. The molecule has 1 fully saturated rings. The van der Waals surface area contributed by atoms with E-state index in [-0.39, 0.29) is 0 Å². The molecule has 0 N–H and O–H groups in total. The Morgan fingerprint density at radius 1 is 1.26 bits per heavy atom. The highest BCUT2D eigenvalue weighted by Crippen LogP contribution is 2.33. The fraction of sp³-hybridized carbons (Fsp3) is 0.385. The Balaban J connectivity index is 2.16. The molecule has 99 valence electrons. The molecule has 1 aliphatic rings. The molecule has 0 bridgehead atoms. The van der Waals surface area contributed by atoms with Gasteiger partial charge in [0.05, 0.1) is 23.3 Å². The Hall–Kier alpha value is -1.59. The fourth-order valence-electron chi connectivity index (χ4n) is 2.26. The quantitative estimate of drug-likeness (QED) is 0.839. The number of nitrogens with zero attached hydrogens (tertiary/aromatic N) is 4. The Bertz CT molecular complexity index is 598. The molecule has 0 unspecified atom stereocenters. The average Bonchev–Trinajstić information content (AvgIpc) is 2.47. The van der Waals surface area contributed by atoms with Crippen LogP contribution in [-0.4, -0.2) is 43.3 Å². The molecular formula is C13H14ClN4O. The van der Waals surface area contributed by atoms with Gasteiger partial charge < -0.3 is 9.64 Å². The van der Waals surface area contributed by atoms with Gasteiger partial charge in [-0.3, -0.25) is 4.98 Å². The van der Waals surface area contributed by atoms with Gasteiger partial charge in [-0.05, 0) is 6.07 Å². The molecule has 19 heavy (non-hydrogen) atoms. The Labute approximate surface area is 116 Å². The van der Waals surface area contributed by atoms with Gasteiger partial charge in [-0.25, -0.2) is 10.3 Å². The maximum Gasteiger partial charge on any atom is 0.213 e. The molecule has 2 aromatic heterocycles. The largest absolute Gasteiger partial charge is 0.481 e. The standard InChI is InChI=1S/C13H14ClN4O/c1-19-11-3-2-10-12(17-11)13(9(14)8-16-10)18-6-4-15-5-7-18/h2-3,8H,4-7H2,1H3. The molecule has 0 saturated carbocycles. The normalized spacial score (nSPS) is 15.8. The molecular weight excluding hydrogens is 264 g/mol. The number of ether oxygens (including phenoxy) is 1. The molecule has 0 atom stereocenters. The molecule has 0 aromatic carbocycles. The maximum atomic E-state index is 6.32. The van der Waals surface area contributed by atoms with Gasteiger partial charge in [-0.15, -0.1) is 0 Å². The summed E-state index contributed by atoms with van der Waals surface area (Å²) in [4.78, 5) is 11.0. The number of methoxy groups -OCH3 is 1. The number of aromatic nitrogens is 2. The molecule has 1 saturated heterocycles. The van der Waals surface area contributed by atoms with E-state index in [2.05, 4.69) is 20.2 Å². The number of fused-ring (bicyclic) bond motifs is 1. The monoisotopic (exact) mass is 277 g/mol. The van der Waals surface area contributed by atoms with Crippen molar-refractivity contribution in [1.29, 1.82) is 0 Å². The van der Waals surface area contributed by atoms with Crippen molar-refractivity contribution in [2.45, 2.75) is 0 Å². The molecule has 1 radical (unpaired) electrons. The molecule has 3 rings (SSSR count). The molecule has 1 aliphatic heterocycles. The minimum atomic E-state index is 0.569. The van der Waals surface area contributed by atoms with Crippen LogP contribution in [-0.2, 0) is 0 Å². The van der Waals surface area contributed by atoms with E-state index < -0.39 is 0 Å². The van der Waals surface area contributed by atoms with E-state index in [1.54, 1.807) is 19.4 Å². The van der Waals surface area contributed by atoms with Crippen molar-refractivity contribution in [3.8, 4) is 5.88 Å². The number of hydrogen-bond acceptors (Lipinski definition) is 4. The highest BCUT2D eigenvalue weighted by molar-refractivity contribution is 6.34. The molecule has 6 heteroatoms. The zero-order chi connectivity index (χ0) is 13.2. The van der Waals surface area contributed by atoms with Crippen LogP contribution >= 0.6 is 11.6 Å². The summed E-state index contributed by atoms with van der Waals surface area (Å²) in [6, 6.07) is 3.70. The van der Waals surface area contributed by atoms with Crippen LogP contribution in [0, 0.1) is 0 Å². The third kappa shape index (κ3) is 2.31. The predicted molar refractivity (Wildman–Crippen MR) is 75.2 cm³/mol. The average molecular weight is 278 g/mol. The number of anilines is 1. The second-order valence-electron chi connectivity index (χ2n) is 4.33. The van der Waals surface area contributed by atoms with Gasteiger partial charge in [0.2, 0.25) is 5.88 Å². The van der Waals surface area contributed by atoms with Crippen molar-refractivity contribution in [3.05, 3.63) is 23.4 Å². The van der Waals surface area contributed by atoms with Gasteiger partial charge in [-0.2, -0.15) is 0 Å². The molecule has 5 nitrogen and oxygen atoms in total. The summed E-state index contributed by atoms with van der Waals surface area (Å²) in [7, 11) is 1.60. The molecule has 0 spiro atoms. The zero-order valence-corrected chi connectivity index (χ0v) is 11.4. The minimum absolute atomic E-state index is 0.569. The van der Waals surface area contributed by atoms with Crippen molar-refractivity contribution >= 4 is 28.3 Å². The van der Waals surface area contributed by atoms with Crippen LogP contribution in [0.5, 0.6) is 5.88 Å². The van der Waals surface area contributed by atoms with Crippen molar-refractivity contribution in [3.63, 3.8) is 0 Å². The Kier molecular flexibility index (Phi) is 3.40. The first-order valence-electron chi connectivity index (χ1n) is 6.17. The van der Waals surface area contributed by atoms with Crippen molar-refractivity contribution in [2.75, 3.05) is 38.2 Å². The van der Waals surface area contributed by atoms with Gasteiger partial charge in [0.1, 0.15) is 5.52 Å². The Morgan fingerprint density at radius 3 is 2.79 bits per heavy atom. The van der Waals surface area contributed by atoms with E-state index in [4.69, 9.17) is 16.3 Å². The van der Waals surface area contributed by atoms with Crippen molar-refractivity contribution in [1.82, 2.24) is 15.3 Å².